The van der Waals surface area contributed by atoms with Crippen LogP contribution in [0, 0.1) is 6.92 Å². The molecule has 36 heavy (non-hydrogen) atoms. The molecule has 0 aliphatic heterocycles. The number of aliphatic carboxylic acids is 1. The summed E-state index contributed by atoms with van der Waals surface area (Å²) >= 11 is 6.51. The summed E-state index contributed by atoms with van der Waals surface area (Å²) in [6.45, 7) is 5.17. The van der Waals surface area contributed by atoms with Crippen LogP contribution in [0.15, 0.2) is 42.6 Å². The van der Waals surface area contributed by atoms with Crippen LogP contribution in [0.5, 0.6) is 5.75 Å². The van der Waals surface area contributed by atoms with Gasteiger partial charge in [-0.25, -0.2) is 9.48 Å². The number of carboxylic acid groups (broad SMARTS) is 1. The minimum absolute atomic E-state index is 0.201. The Morgan fingerprint density at radius 2 is 1.97 bits per heavy atom. The van der Waals surface area contributed by atoms with Crippen LogP contribution in [-0.4, -0.2) is 34.0 Å². The van der Waals surface area contributed by atoms with E-state index in [1.807, 2.05) is 26.0 Å². The first-order valence-corrected chi connectivity index (χ1v) is 11.9. The van der Waals surface area contributed by atoms with Crippen LogP contribution in [-0.2, 0) is 23.8 Å². The Labute approximate surface area is 213 Å². The van der Waals surface area contributed by atoms with Crippen LogP contribution in [0.1, 0.15) is 54.3 Å². The summed E-state index contributed by atoms with van der Waals surface area (Å²) in [5.74, 6) is -0.818. The third-order valence-corrected chi connectivity index (χ3v) is 6.53. The predicted molar refractivity (Wildman–Crippen MR) is 132 cm³/mol. The fourth-order valence-corrected chi connectivity index (χ4v) is 4.32. The highest BCUT2D eigenvalue weighted by atomic mass is 35.5. The molecular formula is C26H29ClF3N3O3. The molecule has 0 bridgehead atoms. The zero-order valence-corrected chi connectivity index (χ0v) is 21.2. The molecular weight excluding hydrogens is 495 g/mol. The van der Waals surface area contributed by atoms with Gasteiger partial charge in [0.25, 0.3) is 0 Å². The molecule has 2 aromatic carbocycles. The Bertz CT molecular complexity index is 1230. The van der Waals surface area contributed by atoms with E-state index >= 15 is 0 Å². The number of rotatable bonds is 10. The molecule has 1 heterocycles. The summed E-state index contributed by atoms with van der Waals surface area (Å²) in [6, 6.07) is 8.84. The number of carboxylic acids is 1. The van der Waals surface area contributed by atoms with Gasteiger partial charge >= 0.3 is 12.1 Å². The SMILES string of the molecule is CCCc1cc(C(F)(F)F)ccc1-n1nccc1CC(NC)c1ccc(OC(C)C(=O)O)c(Cl)c1C. The van der Waals surface area contributed by atoms with Crippen molar-refractivity contribution in [2.75, 3.05) is 7.05 Å². The molecule has 0 amide bonds. The van der Waals surface area contributed by atoms with Gasteiger partial charge in [-0.05, 0) is 74.3 Å². The zero-order valence-electron chi connectivity index (χ0n) is 20.5. The predicted octanol–water partition coefficient (Wildman–Crippen LogP) is 6.16. The first-order chi connectivity index (χ1) is 17.0. The van der Waals surface area contributed by atoms with Crippen molar-refractivity contribution in [3.05, 3.63) is 75.6 Å². The maximum Gasteiger partial charge on any atom is 0.416 e. The van der Waals surface area contributed by atoms with Crippen molar-refractivity contribution >= 4 is 17.6 Å². The summed E-state index contributed by atoms with van der Waals surface area (Å²) in [5.41, 5.74) is 2.93. The Morgan fingerprint density at radius 3 is 2.58 bits per heavy atom. The van der Waals surface area contributed by atoms with Crippen molar-refractivity contribution in [1.82, 2.24) is 15.1 Å². The summed E-state index contributed by atoms with van der Waals surface area (Å²) in [5, 5.41) is 17.1. The quantitative estimate of drug-likeness (QED) is 0.333. The van der Waals surface area contributed by atoms with Gasteiger partial charge in [0.1, 0.15) is 5.75 Å². The highest BCUT2D eigenvalue weighted by molar-refractivity contribution is 6.32. The second-order valence-electron chi connectivity index (χ2n) is 8.56. The van der Waals surface area contributed by atoms with E-state index in [9.17, 15) is 18.0 Å². The van der Waals surface area contributed by atoms with Gasteiger partial charge in [-0.1, -0.05) is 31.0 Å². The third-order valence-electron chi connectivity index (χ3n) is 6.06. The first kappa shape index (κ1) is 27.5. The van der Waals surface area contributed by atoms with Gasteiger partial charge in [0.15, 0.2) is 6.10 Å². The lowest BCUT2D eigenvalue weighted by Gasteiger charge is -2.22. The van der Waals surface area contributed by atoms with E-state index in [1.54, 1.807) is 24.0 Å². The lowest BCUT2D eigenvalue weighted by Crippen LogP contribution is -2.24. The van der Waals surface area contributed by atoms with Gasteiger partial charge in [-0.15, -0.1) is 0 Å². The van der Waals surface area contributed by atoms with Crippen LogP contribution in [0.2, 0.25) is 5.02 Å². The molecule has 0 spiro atoms. The highest BCUT2D eigenvalue weighted by Crippen LogP contribution is 2.35. The van der Waals surface area contributed by atoms with E-state index in [1.165, 1.54) is 19.1 Å². The van der Waals surface area contributed by atoms with Crippen molar-refractivity contribution in [2.45, 2.75) is 58.4 Å². The molecule has 0 saturated heterocycles. The van der Waals surface area contributed by atoms with Gasteiger partial charge in [0.05, 0.1) is 16.3 Å². The molecule has 10 heteroatoms. The van der Waals surface area contributed by atoms with E-state index in [0.29, 0.717) is 35.5 Å². The maximum atomic E-state index is 13.3. The number of halogens is 4. The first-order valence-electron chi connectivity index (χ1n) is 11.6. The maximum absolute atomic E-state index is 13.3. The summed E-state index contributed by atoms with van der Waals surface area (Å²) in [7, 11) is 1.80. The van der Waals surface area contributed by atoms with Gasteiger partial charge in [0.2, 0.25) is 0 Å². The largest absolute Gasteiger partial charge is 0.479 e. The average molecular weight is 524 g/mol. The van der Waals surface area contributed by atoms with Crippen molar-refractivity contribution in [3.63, 3.8) is 0 Å². The van der Waals surface area contributed by atoms with E-state index in [4.69, 9.17) is 21.4 Å². The average Bonchev–Trinajstić information content (AvgIpc) is 3.28. The number of hydrogen-bond acceptors (Lipinski definition) is 4. The van der Waals surface area contributed by atoms with Crippen molar-refractivity contribution in [1.29, 1.82) is 0 Å². The molecule has 3 rings (SSSR count). The molecule has 0 fully saturated rings. The zero-order chi connectivity index (χ0) is 26.6. The van der Waals surface area contributed by atoms with E-state index < -0.39 is 23.8 Å². The number of ether oxygens (including phenoxy) is 1. The smallest absolute Gasteiger partial charge is 0.416 e. The number of nitrogens with zero attached hydrogens (tertiary/aromatic N) is 2. The van der Waals surface area contributed by atoms with Crippen molar-refractivity contribution in [2.24, 2.45) is 0 Å². The van der Waals surface area contributed by atoms with Gasteiger partial charge in [0, 0.05) is 24.4 Å². The molecule has 2 unspecified atom stereocenters. The Kier molecular flexibility index (Phi) is 8.68. The Morgan fingerprint density at radius 1 is 1.25 bits per heavy atom. The number of benzene rings is 2. The summed E-state index contributed by atoms with van der Waals surface area (Å²) in [6.07, 6.45) is -2.19. The molecule has 0 aliphatic rings. The molecule has 0 saturated carbocycles. The number of aryl methyl sites for hydroxylation is 1. The second kappa shape index (κ2) is 11.3. The summed E-state index contributed by atoms with van der Waals surface area (Å²) in [4.78, 5) is 11.1. The van der Waals surface area contributed by atoms with Crippen LogP contribution >= 0.6 is 11.6 Å². The van der Waals surface area contributed by atoms with E-state index in [0.717, 1.165) is 22.9 Å². The molecule has 3 aromatic rings. The number of likely N-dealkylation sites (N-methyl/N-ethyl adjacent to an activating group) is 1. The second-order valence-corrected chi connectivity index (χ2v) is 8.94. The van der Waals surface area contributed by atoms with Crippen LogP contribution in [0.25, 0.3) is 5.69 Å². The number of hydrogen-bond donors (Lipinski definition) is 2. The fourth-order valence-electron chi connectivity index (χ4n) is 4.10. The fraction of sp³-hybridized carbons (Fsp3) is 0.385. The molecule has 6 nitrogen and oxygen atoms in total. The monoisotopic (exact) mass is 523 g/mol. The molecule has 0 aliphatic carbocycles. The number of aromatic nitrogens is 2. The lowest BCUT2D eigenvalue weighted by molar-refractivity contribution is -0.144. The van der Waals surface area contributed by atoms with E-state index in [2.05, 4.69) is 10.4 Å². The van der Waals surface area contributed by atoms with Crippen LogP contribution in [0.3, 0.4) is 0 Å². The Balaban J connectivity index is 1.95. The molecule has 2 atom stereocenters. The van der Waals surface area contributed by atoms with Gasteiger partial charge in [-0.3, -0.25) is 0 Å². The van der Waals surface area contributed by atoms with Crippen LogP contribution < -0.4 is 10.1 Å². The minimum Gasteiger partial charge on any atom is -0.479 e. The number of alkyl halides is 3. The minimum atomic E-state index is -4.42. The Hall–Kier alpha value is -3.04. The van der Waals surface area contributed by atoms with Crippen LogP contribution in [0.4, 0.5) is 13.2 Å². The summed E-state index contributed by atoms with van der Waals surface area (Å²) < 4.78 is 47.0. The molecule has 0 radical (unpaired) electrons. The molecule has 1 aromatic heterocycles. The standard InChI is InChI=1S/C26H29ClF3N3O3/c1-5-6-17-13-18(26(28,29)30)7-9-22(17)33-19(11-12-32-33)14-21(31-4)20-8-10-23(24(27)15(20)2)36-16(3)25(34)35/h7-13,16,21,31H,5-6,14H2,1-4H3,(H,34,35). The molecule has 2 N–H and O–H groups in total. The number of nitrogens with one attached hydrogen (secondary N) is 1. The van der Waals surface area contributed by atoms with Crippen molar-refractivity contribution < 1.29 is 27.8 Å². The van der Waals surface area contributed by atoms with Crippen molar-refractivity contribution in [3.8, 4) is 11.4 Å². The topological polar surface area (TPSA) is 76.4 Å². The van der Waals surface area contributed by atoms with E-state index in [-0.39, 0.29) is 11.8 Å². The van der Waals surface area contributed by atoms with Gasteiger partial charge in [-0.2, -0.15) is 18.3 Å². The van der Waals surface area contributed by atoms with Gasteiger partial charge < -0.3 is 15.2 Å². The third kappa shape index (κ3) is 6.02. The normalized spacial score (nSPS) is 13.4. The molecule has 194 valence electrons. The number of carbonyl (C=O) groups is 1. The lowest BCUT2D eigenvalue weighted by atomic mass is 9.96. The highest BCUT2D eigenvalue weighted by Gasteiger charge is 2.31.